The number of unbranched alkanes of at least 4 members (excludes halogenated alkanes) is 1. The molecular weight excluding hydrogens is 514 g/mol. The molecule has 226 valence electrons. The zero-order chi connectivity index (χ0) is 29.3. The second kappa shape index (κ2) is 18.4. The van der Waals surface area contributed by atoms with Gasteiger partial charge < -0.3 is 19.2 Å². The van der Waals surface area contributed by atoms with E-state index in [0.29, 0.717) is 13.0 Å². The Bertz CT molecular complexity index is 1090. The van der Waals surface area contributed by atoms with E-state index in [4.69, 9.17) is 4.74 Å². The Hall–Kier alpha value is -3.01. The molecule has 3 rings (SSSR count). The number of rotatable bonds is 21. The molecule has 0 fully saturated rings. The Kier molecular flexibility index (Phi) is 14.6. The highest BCUT2D eigenvalue weighted by Gasteiger charge is 2.14. The van der Waals surface area contributed by atoms with Crippen molar-refractivity contribution in [2.24, 2.45) is 7.05 Å². The van der Waals surface area contributed by atoms with Crippen molar-refractivity contribution in [2.75, 3.05) is 39.3 Å². The minimum absolute atomic E-state index is 0.116. The quantitative estimate of drug-likeness (QED) is 0.144. The number of benzene rings is 1. The summed E-state index contributed by atoms with van der Waals surface area (Å²) in [6.45, 7) is 15.1. The average Bonchev–Trinajstić information content (AvgIpc) is 3.62. The Morgan fingerprint density at radius 2 is 1.46 bits per heavy atom. The number of imidazole rings is 2. The molecule has 0 atom stereocenters. The van der Waals surface area contributed by atoms with Crippen LogP contribution in [0.2, 0.25) is 0 Å². The lowest BCUT2D eigenvalue weighted by Gasteiger charge is -2.24. The average molecular weight is 566 g/mol. The van der Waals surface area contributed by atoms with Crippen molar-refractivity contribution in [1.29, 1.82) is 0 Å². The van der Waals surface area contributed by atoms with Gasteiger partial charge in [0.1, 0.15) is 11.6 Å². The summed E-state index contributed by atoms with van der Waals surface area (Å²) in [6, 6.07) is 8.89. The standard InChI is InChI=1S/C32H51N7O2/c1-5-18-37(19-6-2)20-8-9-21-38(22-14-32(40)41-7-3)24-28-10-12-29(13-11-28)25-39(26-30-33-15-16-34-30)27-31-35-17-23-36(31)4/h10-13,15-17,23H,5-9,14,18-22,24-27H2,1-4H3,(H,33,34). The van der Waals surface area contributed by atoms with Crippen LogP contribution < -0.4 is 0 Å². The number of carbonyl (C=O) groups excluding carboxylic acids is 1. The topological polar surface area (TPSA) is 82.5 Å². The largest absolute Gasteiger partial charge is 0.466 e. The number of ether oxygens (including phenoxy) is 1. The molecular formula is C32H51N7O2. The number of nitrogens with one attached hydrogen (secondary N) is 1. The first-order valence-corrected chi connectivity index (χ1v) is 15.4. The summed E-state index contributed by atoms with van der Waals surface area (Å²) in [4.78, 5) is 31.6. The van der Waals surface area contributed by atoms with Gasteiger partial charge in [-0.15, -0.1) is 0 Å². The molecule has 0 amide bonds. The summed E-state index contributed by atoms with van der Waals surface area (Å²) < 4.78 is 7.26. The number of aromatic amines is 1. The number of hydrogen-bond acceptors (Lipinski definition) is 7. The summed E-state index contributed by atoms with van der Waals surface area (Å²) in [7, 11) is 2.03. The Balaban J connectivity index is 1.58. The fourth-order valence-electron chi connectivity index (χ4n) is 5.17. The summed E-state index contributed by atoms with van der Waals surface area (Å²) >= 11 is 0. The Labute approximate surface area is 246 Å². The highest BCUT2D eigenvalue weighted by Crippen LogP contribution is 2.15. The third-order valence-corrected chi connectivity index (χ3v) is 7.27. The minimum Gasteiger partial charge on any atom is -0.466 e. The molecule has 0 bridgehead atoms. The highest BCUT2D eigenvalue weighted by molar-refractivity contribution is 5.69. The number of nitrogens with zero attached hydrogens (tertiary/aromatic N) is 6. The van der Waals surface area contributed by atoms with E-state index in [-0.39, 0.29) is 5.97 Å². The Morgan fingerprint density at radius 3 is 2.02 bits per heavy atom. The number of esters is 1. The van der Waals surface area contributed by atoms with E-state index >= 15 is 0 Å². The zero-order valence-corrected chi connectivity index (χ0v) is 25.7. The molecule has 2 aromatic heterocycles. The first-order chi connectivity index (χ1) is 20.0. The molecule has 0 aliphatic heterocycles. The van der Waals surface area contributed by atoms with E-state index in [1.807, 2.05) is 32.6 Å². The van der Waals surface area contributed by atoms with Crippen molar-refractivity contribution in [1.82, 2.24) is 34.2 Å². The lowest BCUT2D eigenvalue weighted by atomic mass is 10.1. The van der Waals surface area contributed by atoms with Crippen LogP contribution in [0.4, 0.5) is 0 Å². The molecule has 0 radical (unpaired) electrons. The normalized spacial score (nSPS) is 11.7. The lowest BCUT2D eigenvalue weighted by molar-refractivity contribution is -0.143. The van der Waals surface area contributed by atoms with Gasteiger partial charge in [-0.05, 0) is 69.9 Å². The third kappa shape index (κ3) is 12.2. The van der Waals surface area contributed by atoms with E-state index in [9.17, 15) is 4.79 Å². The molecule has 2 heterocycles. The first-order valence-electron chi connectivity index (χ1n) is 15.4. The molecule has 0 saturated carbocycles. The van der Waals surface area contributed by atoms with Crippen molar-refractivity contribution in [3.05, 3.63) is 71.8 Å². The molecule has 0 spiro atoms. The van der Waals surface area contributed by atoms with Crippen molar-refractivity contribution in [3.63, 3.8) is 0 Å². The van der Waals surface area contributed by atoms with Gasteiger partial charge in [0, 0.05) is 51.5 Å². The fraction of sp³-hybridized carbons (Fsp3) is 0.594. The second-order valence-corrected chi connectivity index (χ2v) is 10.8. The van der Waals surface area contributed by atoms with Crippen LogP contribution in [-0.2, 0) is 42.8 Å². The number of hydrogen-bond donors (Lipinski definition) is 1. The summed E-state index contributed by atoms with van der Waals surface area (Å²) in [5, 5.41) is 0. The third-order valence-electron chi connectivity index (χ3n) is 7.27. The van der Waals surface area contributed by atoms with E-state index < -0.39 is 0 Å². The van der Waals surface area contributed by atoms with E-state index in [0.717, 1.165) is 63.9 Å². The van der Waals surface area contributed by atoms with Gasteiger partial charge in [0.25, 0.3) is 0 Å². The van der Waals surface area contributed by atoms with Gasteiger partial charge in [0.2, 0.25) is 0 Å². The van der Waals surface area contributed by atoms with Gasteiger partial charge >= 0.3 is 5.97 Å². The maximum atomic E-state index is 12.1. The van der Waals surface area contributed by atoms with Crippen LogP contribution in [-0.4, -0.2) is 79.5 Å². The smallest absolute Gasteiger partial charge is 0.307 e. The van der Waals surface area contributed by atoms with Crippen LogP contribution in [0.3, 0.4) is 0 Å². The van der Waals surface area contributed by atoms with Gasteiger partial charge in [0.05, 0.1) is 26.1 Å². The van der Waals surface area contributed by atoms with Crippen LogP contribution >= 0.6 is 0 Å². The molecule has 0 unspecified atom stereocenters. The number of aryl methyl sites for hydroxylation is 1. The number of H-pyrrole nitrogens is 1. The Morgan fingerprint density at radius 1 is 0.805 bits per heavy atom. The number of carbonyl (C=O) groups is 1. The monoisotopic (exact) mass is 565 g/mol. The van der Waals surface area contributed by atoms with Gasteiger partial charge in [0.15, 0.2) is 0 Å². The van der Waals surface area contributed by atoms with Gasteiger partial charge in [-0.3, -0.25) is 14.6 Å². The van der Waals surface area contributed by atoms with Crippen molar-refractivity contribution in [3.8, 4) is 0 Å². The van der Waals surface area contributed by atoms with Crippen molar-refractivity contribution < 1.29 is 9.53 Å². The molecule has 1 aromatic carbocycles. The van der Waals surface area contributed by atoms with Gasteiger partial charge in [-0.25, -0.2) is 9.97 Å². The van der Waals surface area contributed by atoms with Crippen LogP contribution in [0.15, 0.2) is 49.1 Å². The first kappa shape index (κ1) is 32.5. The molecule has 41 heavy (non-hydrogen) atoms. The lowest BCUT2D eigenvalue weighted by Crippen LogP contribution is -2.30. The maximum Gasteiger partial charge on any atom is 0.307 e. The molecule has 0 aliphatic carbocycles. The summed E-state index contributed by atoms with van der Waals surface area (Å²) in [6.07, 6.45) is 12.6. The summed E-state index contributed by atoms with van der Waals surface area (Å²) in [5.74, 6) is 1.85. The molecule has 1 N–H and O–H groups in total. The molecule has 9 heteroatoms. The van der Waals surface area contributed by atoms with Crippen LogP contribution in [0.1, 0.15) is 75.7 Å². The van der Waals surface area contributed by atoms with Crippen molar-refractivity contribution >= 4 is 5.97 Å². The second-order valence-electron chi connectivity index (χ2n) is 10.8. The van der Waals surface area contributed by atoms with Crippen LogP contribution in [0, 0.1) is 0 Å². The van der Waals surface area contributed by atoms with E-state index in [1.54, 1.807) is 6.20 Å². The van der Waals surface area contributed by atoms with E-state index in [1.165, 1.54) is 43.5 Å². The molecule has 3 aromatic rings. The SMILES string of the molecule is CCCN(CCC)CCCCN(CCC(=O)OCC)Cc1ccc(CN(Cc2ncc[nH]2)Cc2nccn2C)cc1. The number of aromatic nitrogens is 4. The predicted octanol–water partition coefficient (Wildman–Crippen LogP) is 5.00. The maximum absolute atomic E-state index is 12.1. The summed E-state index contributed by atoms with van der Waals surface area (Å²) in [5.41, 5.74) is 2.51. The molecule has 9 nitrogen and oxygen atoms in total. The predicted molar refractivity (Wildman–Crippen MR) is 164 cm³/mol. The van der Waals surface area contributed by atoms with E-state index in [2.05, 4.69) is 72.3 Å². The van der Waals surface area contributed by atoms with Gasteiger partial charge in [-0.2, -0.15) is 0 Å². The van der Waals surface area contributed by atoms with Crippen molar-refractivity contribution in [2.45, 2.75) is 79.1 Å². The highest BCUT2D eigenvalue weighted by atomic mass is 16.5. The van der Waals surface area contributed by atoms with Crippen LogP contribution in [0.25, 0.3) is 0 Å². The zero-order valence-electron chi connectivity index (χ0n) is 25.7. The minimum atomic E-state index is -0.116. The molecule has 0 saturated heterocycles. The fourth-order valence-corrected chi connectivity index (χ4v) is 5.17. The van der Waals surface area contributed by atoms with Crippen LogP contribution in [0.5, 0.6) is 0 Å². The van der Waals surface area contributed by atoms with Gasteiger partial charge in [-0.1, -0.05) is 38.1 Å². The molecule has 0 aliphatic rings.